The minimum Gasteiger partial charge on any atom is -0.394 e. The van der Waals surface area contributed by atoms with Crippen LogP contribution in [0.3, 0.4) is 0 Å². The lowest BCUT2D eigenvalue weighted by Crippen LogP contribution is -2.47. The van der Waals surface area contributed by atoms with Crippen LogP contribution in [0, 0.1) is 0 Å². The van der Waals surface area contributed by atoms with Crippen molar-refractivity contribution < 1.29 is 9.84 Å². The zero-order valence-corrected chi connectivity index (χ0v) is 13.2. The monoisotopic (exact) mass is 344 g/mol. The summed E-state index contributed by atoms with van der Waals surface area (Å²) in [6, 6.07) is 0. The number of nitrogens with one attached hydrogen (secondary N) is 2. The van der Waals surface area contributed by atoms with Gasteiger partial charge in [0.15, 0.2) is 0 Å². The predicted octanol–water partition coefficient (Wildman–Crippen LogP) is 2.01. The molecular formula is C13H21BrN4O2. The third-order valence-electron chi connectivity index (χ3n) is 3.41. The maximum absolute atomic E-state index is 9.71. The van der Waals surface area contributed by atoms with Gasteiger partial charge in [-0.15, -0.1) is 0 Å². The molecule has 1 saturated heterocycles. The lowest BCUT2D eigenvalue weighted by atomic mass is 9.91. The Morgan fingerprint density at radius 1 is 1.45 bits per heavy atom. The second-order valence-electron chi connectivity index (χ2n) is 4.99. The van der Waals surface area contributed by atoms with Gasteiger partial charge in [-0.2, -0.15) is 4.98 Å². The van der Waals surface area contributed by atoms with Gasteiger partial charge in [-0.1, -0.05) is 6.92 Å². The molecule has 2 rings (SSSR count). The molecule has 1 aromatic rings. The number of aliphatic hydroxyl groups is 1. The number of rotatable bonds is 6. The van der Waals surface area contributed by atoms with Gasteiger partial charge in [0, 0.05) is 26.0 Å². The zero-order chi connectivity index (χ0) is 14.4. The topological polar surface area (TPSA) is 79.3 Å². The van der Waals surface area contributed by atoms with E-state index in [1.165, 1.54) is 0 Å². The van der Waals surface area contributed by atoms with Gasteiger partial charge in [0.1, 0.15) is 5.82 Å². The molecule has 1 fully saturated rings. The summed E-state index contributed by atoms with van der Waals surface area (Å²) in [4.78, 5) is 8.69. The highest BCUT2D eigenvalue weighted by molar-refractivity contribution is 9.10. The predicted molar refractivity (Wildman–Crippen MR) is 82.0 cm³/mol. The van der Waals surface area contributed by atoms with Crippen molar-refractivity contribution in [2.45, 2.75) is 31.7 Å². The number of hydrogen-bond acceptors (Lipinski definition) is 6. The molecule has 2 heterocycles. The summed E-state index contributed by atoms with van der Waals surface area (Å²) in [6.45, 7) is 4.28. The molecule has 1 aliphatic rings. The third kappa shape index (κ3) is 3.80. The van der Waals surface area contributed by atoms with Gasteiger partial charge in [0.25, 0.3) is 0 Å². The molecule has 0 radical (unpaired) electrons. The lowest BCUT2D eigenvalue weighted by molar-refractivity contribution is 0.0378. The van der Waals surface area contributed by atoms with E-state index in [-0.39, 0.29) is 12.1 Å². The summed E-state index contributed by atoms with van der Waals surface area (Å²) < 4.78 is 6.15. The lowest BCUT2D eigenvalue weighted by Gasteiger charge is -2.37. The Kier molecular flexibility index (Phi) is 5.56. The molecule has 0 aromatic carbocycles. The summed E-state index contributed by atoms with van der Waals surface area (Å²) in [6.07, 6.45) is 4.26. The van der Waals surface area contributed by atoms with Crippen molar-refractivity contribution in [2.75, 3.05) is 37.0 Å². The number of hydrogen-bond donors (Lipinski definition) is 3. The number of ether oxygens (including phenoxy) is 1. The molecule has 3 N–H and O–H groups in total. The fraction of sp³-hybridized carbons (Fsp3) is 0.692. The van der Waals surface area contributed by atoms with E-state index < -0.39 is 0 Å². The van der Waals surface area contributed by atoms with Crippen LogP contribution in [0.25, 0.3) is 0 Å². The molecule has 0 aliphatic carbocycles. The van der Waals surface area contributed by atoms with Crippen molar-refractivity contribution in [1.82, 2.24) is 9.97 Å². The quantitative estimate of drug-likeness (QED) is 0.732. The molecule has 7 heteroatoms. The maximum atomic E-state index is 9.71. The molecule has 0 saturated carbocycles. The van der Waals surface area contributed by atoms with E-state index in [0.29, 0.717) is 25.0 Å². The van der Waals surface area contributed by atoms with Gasteiger partial charge in [0.05, 0.1) is 16.6 Å². The SMILES string of the molecule is CCCNc1ncc(Br)c(NC2(CO)CCOCC2)n1. The zero-order valence-electron chi connectivity index (χ0n) is 11.7. The number of aliphatic hydroxyl groups excluding tert-OH is 1. The average Bonchev–Trinajstić information content (AvgIpc) is 2.49. The normalized spacial score (nSPS) is 17.8. The maximum Gasteiger partial charge on any atom is 0.224 e. The Morgan fingerprint density at radius 2 is 2.20 bits per heavy atom. The van der Waals surface area contributed by atoms with Gasteiger partial charge in [-0.05, 0) is 35.2 Å². The second kappa shape index (κ2) is 7.19. The first kappa shape index (κ1) is 15.5. The van der Waals surface area contributed by atoms with Gasteiger partial charge < -0.3 is 20.5 Å². The smallest absolute Gasteiger partial charge is 0.224 e. The largest absolute Gasteiger partial charge is 0.394 e. The molecule has 0 bridgehead atoms. The Bertz CT molecular complexity index is 438. The fourth-order valence-corrected chi connectivity index (χ4v) is 2.40. The molecule has 1 aliphatic heterocycles. The van der Waals surface area contributed by atoms with E-state index in [4.69, 9.17) is 4.74 Å². The molecular weight excluding hydrogens is 324 g/mol. The Labute approximate surface area is 127 Å². The summed E-state index contributed by atoms with van der Waals surface area (Å²) in [5.74, 6) is 1.30. The highest BCUT2D eigenvalue weighted by atomic mass is 79.9. The van der Waals surface area contributed by atoms with Crippen LogP contribution in [0.1, 0.15) is 26.2 Å². The Balaban J connectivity index is 2.13. The first-order valence-corrected chi connectivity index (χ1v) is 7.71. The first-order valence-electron chi connectivity index (χ1n) is 6.92. The molecule has 0 spiro atoms. The minimum atomic E-state index is -0.364. The van der Waals surface area contributed by atoms with Crippen LogP contribution < -0.4 is 10.6 Å². The Hall–Kier alpha value is -0.920. The number of nitrogens with zero attached hydrogens (tertiary/aromatic N) is 2. The van der Waals surface area contributed by atoms with E-state index in [0.717, 1.165) is 30.3 Å². The van der Waals surface area contributed by atoms with Crippen LogP contribution in [-0.2, 0) is 4.74 Å². The third-order valence-corrected chi connectivity index (χ3v) is 3.99. The first-order chi connectivity index (χ1) is 9.69. The summed E-state index contributed by atoms with van der Waals surface area (Å²) >= 11 is 3.45. The second-order valence-corrected chi connectivity index (χ2v) is 5.85. The van der Waals surface area contributed by atoms with Crippen molar-refractivity contribution >= 4 is 27.7 Å². The molecule has 0 atom stereocenters. The van der Waals surface area contributed by atoms with Crippen molar-refractivity contribution in [3.05, 3.63) is 10.7 Å². The molecule has 112 valence electrons. The van der Waals surface area contributed by atoms with Gasteiger partial charge in [-0.3, -0.25) is 0 Å². The standard InChI is InChI=1S/C13H21BrN4O2/c1-2-5-15-12-16-8-10(14)11(17-12)18-13(9-19)3-6-20-7-4-13/h8,19H,2-7,9H2,1H3,(H2,15,16,17,18). The van der Waals surface area contributed by atoms with E-state index >= 15 is 0 Å². The fourth-order valence-electron chi connectivity index (χ4n) is 2.11. The Morgan fingerprint density at radius 3 is 2.85 bits per heavy atom. The van der Waals surface area contributed by atoms with Crippen molar-refractivity contribution in [3.8, 4) is 0 Å². The van der Waals surface area contributed by atoms with Crippen LogP contribution in [0.2, 0.25) is 0 Å². The highest BCUT2D eigenvalue weighted by Crippen LogP contribution is 2.29. The average molecular weight is 345 g/mol. The van der Waals surface area contributed by atoms with E-state index in [1.807, 2.05) is 0 Å². The van der Waals surface area contributed by atoms with Gasteiger partial charge in [-0.25, -0.2) is 4.98 Å². The minimum absolute atomic E-state index is 0.0600. The van der Waals surface area contributed by atoms with Crippen LogP contribution in [-0.4, -0.2) is 47.0 Å². The van der Waals surface area contributed by atoms with E-state index in [1.54, 1.807) is 6.20 Å². The number of anilines is 2. The molecule has 20 heavy (non-hydrogen) atoms. The van der Waals surface area contributed by atoms with Gasteiger partial charge in [0.2, 0.25) is 5.95 Å². The van der Waals surface area contributed by atoms with Crippen LogP contribution in [0.4, 0.5) is 11.8 Å². The summed E-state index contributed by atoms with van der Waals surface area (Å²) in [5, 5.41) is 16.2. The van der Waals surface area contributed by atoms with Crippen LogP contribution >= 0.6 is 15.9 Å². The van der Waals surface area contributed by atoms with E-state index in [9.17, 15) is 5.11 Å². The summed E-state index contributed by atoms with van der Waals surface area (Å²) in [7, 11) is 0. The molecule has 0 unspecified atom stereocenters. The van der Waals surface area contributed by atoms with Gasteiger partial charge >= 0.3 is 0 Å². The molecule has 1 aromatic heterocycles. The molecule has 6 nitrogen and oxygen atoms in total. The van der Waals surface area contributed by atoms with Crippen LogP contribution in [0.5, 0.6) is 0 Å². The number of halogens is 1. The van der Waals surface area contributed by atoms with Crippen molar-refractivity contribution in [2.24, 2.45) is 0 Å². The van der Waals surface area contributed by atoms with Crippen LogP contribution in [0.15, 0.2) is 10.7 Å². The highest BCUT2D eigenvalue weighted by Gasteiger charge is 2.32. The van der Waals surface area contributed by atoms with Crippen molar-refractivity contribution in [1.29, 1.82) is 0 Å². The molecule has 0 amide bonds. The van der Waals surface area contributed by atoms with E-state index in [2.05, 4.69) is 43.5 Å². The van der Waals surface area contributed by atoms with Crippen molar-refractivity contribution in [3.63, 3.8) is 0 Å². The summed E-state index contributed by atoms with van der Waals surface area (Å²) in [5.41, 5.74) is -0.364. The number of aromatic nitrogens is 2.